The predicted octanol–water partition coefficient (Wildman–Crippen LogP) is 5.39. The van der Waals surface area contributed by atoms with E-state index in [0.29, 0.717) is 27.9 Å². The summed E-state index contributed by atoms with van der Waals surface area (Å²) in [4.78, 5) is 24.9. The van der Waals surface area contributed by atoms with Crippen LogP contribution in [-0.2, 0) is 11.2 Å². The van der Waals surface area contributed by atoms with E-state index in [1.165, 1.54) is 12.8 Å². The maximum Gasteiger partial charge on any atom is 0.249 e. The van der Waals surface area contributed by atoms with Gasteiger partial charge in [-0.3, -0.25) is 9.79 Å². The van der Waals surface area contributed by atoms with Crippen molar-refractivity contribution in [3.8, 4) is 0 Å². The summed E-state index contributed by atoms with van der Waals surface area (Å²) in [7, 11) is 0. The summed E-state index contributed by atoms with van der Waals surface area (Å²) < 4.78 is 0. The second kappa shape index (κ2) is 8.93. The summed E-state index contributed by atoms with van der Waals surface area (Å²) in [5.41, 5.74) is 3.88. The number of aliphatic imine (C=N–C) groups is 1. The van der Waals surface area contributed by atoms with E-state index in [9.17, 15) is 4.79 Å². The maximum absolute atomic E-state index is 13.1. The van der Waals surface area contributed by atoms with Gasteiger partial charge in [0, 0.05) is 46.9 Å². The minimum atomic E-state index is -0.630. The molecule has 162 valence electrons. The SMILES string of the molecule is O=C1Nc2ccc(Cl)cc2C(c2ccc(N3CCCC3)nc2)=NC1Cc1ccccc1Cl. The van der Waals surface area contributed by atoms with Crippen molar-refractivity contribution in [3.63, 3.8) is 0 Å². The van der Waals surface area contributed by atoms with Gasteiger partial charge in [-0.15, -0.1) is 0 Å². The number of amides is 1. The third kappa shape index (κ3) is 4.23. The molecule has 7 heteroatoms. The molecular formula is C25H22Cl2N4O. The predicted molar refractivity (Wildman–Crippen MR) is 130 cm³/mol. The number of halogens is 2. The Hall–Kier alpha value is -2.89. The minimum absolute atomic E-state index is 0.176. The Balaban J connectivity index is 1.56. The first-order valence-electron chi connectivity index (χ1n) is 10.7. The normalized spacial score (nSPS) is 18.1. The largest absolute Gasteiger partial charge is 0.357 e. The molecule has 1 fully saturated rings. The zero-order chi connectivity index (χ0) is 22.1. The zero-order valence-corrected chi connectivity index (χ0v) is 18.9. The number of nitrogens with zero attached hydrogens (tertiary/aromatic N) is 3. The van der Waals surface area contributed by atoms with Crippen LogP contribution in [0.3, 0.4) is 0 Å². The summed E-state index contributed by atoms with van der Waals surface area (Å²) in [6.45, 7) is 2.06. The fourth-order valence-corrected chi connectivity index (χ4v) is 4.61. The number of carbonyl (C=O) groups excluding carboxylic acids is 1. The van der Waals surface area contributed by atoms with Crippen molar-refractivity contribution < 1.29 is 4.79 Å². The Kier molecular flexibility index (Phi) is 5.85. The molecule has 0 saturated carbocycles. The Morgan fingerprint density at radius 1 is 1.03 bits per heavy atom. The van der Waals surface area contributed by atoms with Crippen LogP contribution in [0.15, 0.2) is 65.8 Å². The molecule has 2 aromatic carbocycles. The van der Waals surface area contributed by atoms with E-state index in [-0.39, 0.29) is 5.91 Å². The van der Waals surface area contributed by atoms with E-state index >= 15 is 0 Å². The van der Waals surface area contributed by atoms with E-state index in [1.54, 1.807) is 6.07 Å². The molecule has 5 rings (SSSR count). The van der Waals surface area contributed by atoms with Gasteiger partial charge in [-0.1, -0.05) is 41.4 Å². The van der Waals surface area contributed by atoms with E-state index in [4.69, 9.17) is 28.2 Å². The number of aromatic nitrogens is 1. The number of nitrogens with one attached hydrogen (secondary N) is 1. The van der Waals surface area contributed by atoms with Crippen LogP contribution in [0.2, 0.25) is 10.0 Å². The van der Waals surface area contributed by atoms with Crippen LogP contribution in [0, 0.1) is 0 Å². The van der Waals surface area contributed by atoms with Crippen molar-refractivity contribution in [1.29, 1.82) is 0 Å². The van der Waals surface area contributed by atoms with Crippen molar-refractivity contribution in [1.82, 2.24) is 4.98 Å². The number of benzodiazepines with no additional fused rings is 1. The van der Waals surface area contributed by atoms with Gasteiger partial charge in [-0.25, -0.2) is 4.98 Å². The van der Waals surface area contributed by atoms with Crippen LogP contribution in [-0.4, -0.2) is 35.7 Å². The molecule has 0 spiro atoms. The van der Waals surface area contributed by atoms with Gasteiger partial charge in [0.25, 0.3) is 0 Å². The van der Waals surface area contributed by atoms with Gasteiger partial charge < -0.3 is 10.2 Å². The average molecular weight is 465 g/mol. The molecule has 2 aliphatic rings. The van der Waals surface area contributed by atoms with Crippen molar-refractivity contribution in [2.24, 2.45) is 4.99 Å². The zero-order valence-electron chi connectivity index (χ0n) is 17.4. The average Bonchev–Trinajstić information content (AvgIpc) is 3.30. The van der Waals surface area contributed by atoms with Crippen LogP contribution in [0.1, 0.15) is 29.5 Å². The molecule has 0 radical (unpaired) electrons. The lowest BCUT2D eigenvalue weighted by atomic mass is 10.0. The molecule has 3 heterocycles. The Morgan fingerprint density at radius 2 is 1.84 bits per heavy atom. The first kappa shape index (κ1) is 21.0. The summed E-state index contributed by atoms with van der Waals surface area (Å²) in [6, 6.07) is 16.4. The van der Waals surface area contributed by atoms with E-state index in [0.717, 1.165) is 35.6 Å². The van der Waals surface area contributed by atoms with Gasteiger partial charge in [0.2, 0.25) is 5.91 Å². The van der Waals surface area contributed by atoms with Crippen molar-refractivity contribution in [2.75, 3.05) is 23.3 Å². The lowest BCUT2D eigenvalue weighted by Gasteiger charge is -2.17. The Labute approximate surface area is 197 Å². The van der Waals surface area contributed by atoms with Crippen LogP contribution < -0.4 is 10.2 Å². The van der Waals surface area contributed by atoms with Gasteiger partial charge in [0.15, 0.2) is 0 Å². The van der Waals surface area contributed by atoms with Crippen LogP contribution in [0.25, 0.3) is 0 Å². The summed E-state index contributed by atoms with van der Waals surface area (Å²) >= 11 is 12.7. The Bertz CT molecular complexity index is 1190. The van der Waals surface area contributed by atoms with Gasteiger partial charge in [0.05, 0.1) is 11.4 Å². The summed E-state index contributed by atoms with van der Waals surface area (Å²) in [6.07, 6.45) is 4.62. The number of hydrogen-bond donors (Lipinski definition) is 1. The summed E-state index contributed by atoms with van der Waals surface area (Å²) in [5.74, 6) is 0.791. The second-order valence-electron chi connectivity index (χ2n) is 8.07. The van der Waals surface area contributed by atoms with E-state index in [1.807, 2.05) is 54.7 Å². The molecule has 0 bridgehead atoms. The van der Waals surface area contributed by atoms with Crippen molar-refractivity contribution in [2.45, 2.75) is 25.3 Å². The number of hydrogen-bond acceptors (Lipinski definition) is 4. The highest BCUT2D eigenvalue weighted by molar-refractivity contribution is 6.32. The molecular weight excluding hydrogens is 443 g/mol. The monoisotopic (exact) mass is 464 g/mol. The molecule has 2 aliphatic heterocycles. The second-order valence-corrected chi connectivity index (χ2v) is 8.91. The fourth-order valence-electron chi connectivity index (χ4n) is 4.22. The van der Waals surface area contributed by atoms with Gasteiger partial charge in [-0.05, 0) is 54.8 Å². The number of benzene rings is 2. The third-order valence-electron chi connectivity index (χ3n) is 5.90. The topological polar surface area (TPSA) is 57.6 Å². The summed E-state index contributed by atoms with van der Waals surface area (Å²) in [5, 5.41) is 4.22. The van der Waals surface area contributed by atoms with Gasteiger partial charge >= 0.3 is 0 Å². The number of anilines is 2. The smallest absolute Gasteiger partial charge is 0.249 e. The van der Waals surface area contributed by atoms with Crippen molar-refractivity contribution >= 4 is 46.3 Å². The highest BCUT2D eigenvalue weighted by Crippen LogP contribution is 2.29. The molecule has 1 unspecified atom stereocenters. The molecule has 1 amide bonds. The van der Waals surface area contributed by atoms with Gasteiger partial charge in [0.1, 0.15) is 11.9 Å². The first-order valence-corrected chi connectivity index (χ1v) is 11.5. The van der Waals surface area contributed by atoms with E-state index in [2.05, 4.69) is 15.2 Å². The van der Waals surface area contributed by atoms with Crippen molar-refractivity contribution in [3.05, 3.63) is 87.5 Å². The number of fused-ring (bicyclic) bond motifs is 1. The quantitative estimate of drug-likeness (QED) is 0.562. The third-order valence-corrected chi connectivity index (χ3v) is 6.51. The fraction of sp³-hybridized carbons (Fsp3) is 0.240. The molecule has 0 aliphatic carbocycles. The standard InChI is InChI=1S/C25H22Cl2N4O/c26-18-8-9-21-19(14-18)24(17-7-10-23(28-15-17)31-11-3-4-12-31)29-22(25(32)30-21)13-16-5-1-2-6-20(16)27/h1-2,5-10,14-15,22H,3-4,11-13H2,(H,30,32). The van der Waals surface area contributed by atoms with E-state index < -0.39 is 6.04 Å². The molecule has 32 heavy (non-hydrogen) atoms. The first-order chi connectivity index (χ1) is 15.6. The van der Waals surface area contributed by atoms with Crippen LogP contribution in [0.5, 0.6) is 0 Å². The molecule has 1 N–H and O–H groups in total. The number of pyridine rings is 1. The highest BCUT2D eigenvalue weighted by atomic mass is 35.5. The number of carbonyl (C=O) groups is 1. The lowest BCUT2D eigenvalue weighted by molar-refractivity contribution is -0.117. The number of rotatable bonds is 4. The maximum atomic E-state index is 13.1. The molecule has 5 nitrogen and oxygen atoms in total. The van der Waals surface area contributed by atoms with Crippen LogP contribution >= 0.6 is 23.2 Å². The van der Waals surface area contributed by atoms with Gasteiger partial charge in [-0.2, -0.15) is 0 Å². The Morgan fingerprint density at radius 3 is 2.59 bits per heavy atom. The highest BCUT2D eigenvalue weighted by Gasteiger charge is 2.27. The minimum Gasteiger partial charge on any atom is -0.357 e. The van der Waals surface area contributed by atoms with Crippen LogP contribution in [0.4, 0.5) is 11.5 Å². The molecule has 1 atom stereocenters. The lowest BCUT2D eigenvalue weighted by Crippen LogP contribution is -2.27. The molecule has 3 aromatic rings. The molecule has 1 aromatic heterocycles. The molecule has 1 saturated heterocycles.